The minimum absolute atomic E-state index is 0.00145. The third-order valence-electron chi connectivity index (χ3n) is 5.28. The van der Waals surface area contributed by atoms with Crippen LogP contribution in [0.3, 0.4) is 0 Å². The van der Waals surface area contributed by atoms with Gasteiger partial charge >= 0.3 is 0 Å². The van der Waals surface area contributed by atoms with E-state index in [0.717, 1.165) is 27.7 Å². The second-order valence-electron chi connectivity index (χ2n) is 7.59. The van der Waals surface area contributed by atoms with Gasteiger partial charge in [0.25, 0.3) is 0 Å². The molecule has 7 nitrogen and oxygen atoms in total. The van der Waals surface area contributed by atoms with Crippen molar-refractivity contribution in [2.75, 3.05) is 11.9 Å². The lowest BCUT2D eigenvalue weighted by Gasteiger charge is -2.11. The van der Waals surface area contributed by atoms with Crippen molar-refractivity contribution in [3.8, 4) is 11.4 Å². The van der Waals surface area contributed by atoms with Crippen molar-refractivity contribution in [3.05, 3.63) is 77.9 Å². The summed E-state index contributed by atoms with van der Waals surface area (Å²) in [5, 5.41) is 2.86. The Labute approximate surface area is 187 Å². The Hall–Kier alpha value is -3.49. The van der Waals surface area contributed by atoms with Crippen molar-refractivity contribution in [2.24, 2.45) is 0 Å². The van der Waals surface area contributed by atoms with Gasteiger partial charge in [-0.15, -0.1) is 0 Å². The van der Waals surface area contributed by atoms with Crippen LogP contribution in [0.2, 0.25) is 0 Å². The Bertz CT molecular complexity index is 1360. The summed E-state index contributed by atoms with van der Waals surface area (Å²) >= 11 is 0. The first kappa shape index (κ1) is 21.7. The summed E-state index contributed by atoms with van der Waals surface area (Å²) in [6.45, 7) is 3.78. The van der Waals surface area contributed by atoms with Crippen LogP contribution in [0.25, 0.3) is 22.4 Å². The number of amides is 1. The Kier molecular flexibility index (Phi) is 6.07. The number of anilines is 1. The molecule has 0 aliphatic carbocycles. The quantitative estimate of drug-likeness (QED) is 0.395. The lowest BCUT2D eigenvalue weighted by atomic mass is 10.1. The summed E-state index contributed by atoms with van der Waals surface area (Å²) < 4.78 is 27.5. The molecule has 0 saturated carbocycles. The number of sulfonamides is 1. The highest BCUT2D eigenvalue weighted by atomic mass is 32.2. The van der Waals surface area contributed by atoms with Crippen LogP contribution < -0.4 is 10.0 Å². The molecule has 164 valence electrons. The molecule has 0 spiro atoms. The molecule has 1 heterocycles. The highest BCUT2D eigenvalue weighted by molar-refractivity contribution is 7.89. The van der Waals surface area contributed by atoms with E-state index in [9.17, 15) is 13.2 Å². The maximum Gasteiger partial charge on any atom is 0.240 e. The van der Waals surface area contributed by atoms with E-state index in [1.165, 1.54) is 0 Å². The molecule has 32 heavy (non-hydrogen) atoms. The summed E-state index contributed by atoms with van der Waals surface area (Å²) in [4.78, 5) is 20.6. The van der Waals surface area contributed by atoms with Gasteiger partial charge < -0.3 is 10.3 Å². The maximum atomic E-state index is 12.5. The summed E-state index contributed by atoms with van der Waals surface area (Å²) in [7, 11) is -3.68. The first-order chi connectivity index (χ1) is 15.3. The van der Waals surface area contributed by atoms with E-state index in [-0.39, 0.29) is 23.8 Å². The molecule has 4 rings (SSSR count). The number of carbonyl (C=O) groups is 1. The van der Waals surface area contributed by atoms with Gasteiger partial charge in [-0.2, -0.15) is 0 Å². The Morgan fingerprint density at radius 3 is 2.50 bits per heavy atom. The van der Waals surface area contributed by atoms with Crippen LogP contribution in [0.15, 0.2) is 71.6 Å². The number of para-hydroxylation sites is 3. The van der Waals surface area contributed by atoms with E-state index in [1.54, 1.807) is 24.3 Å². The van der Waals surface area contributed by atoms with Crippen LogP contribution in [-0.4, -0.2) is 30.8 Å². The van der Waals surface area contributed by atoms with Gasteiger partial charge in [0.2, 0.25) is 15.9 Å². The molecule has 1 amide bonds. The number of imidazole rings is 1. The molecule has 3 N–H and O–H groups in total. The number of H-pyrrole nitrogens is 1. The number of carbonyl (C=O) groups excluding carboxylic acids is 1. The van der Waals surface area contributed by atoms with Crippen LogP contribution in [0.4, 0.5) is 5.69 Å². The lowest BCUT2D eigenvalue weighted by molar-refractivity contribution is -0.116. The molecule has 1 aromatic heterocycles. The number of fused-ring (bicyclic) bond motifs is 1. The first-order valence-corrected chi connectivity index (χ1v) is 11.7. The van der Waals surface area contributed by atoms with Crippen LogP contribution >= 0.6 is 0 Å². The van der Waals surface area contributed by atoms with E-state index < -0.39 is 10.0 Å². The second kappa shape index (κ2) is 8.94. The molecule has 0 aliphatic heterocycles. The normalized spacial score (nSPS) is 11.6. The predicted octanol–water partition coefficient (Wildman–Crippen LogP) is 4.15. The standard InChI is InChI=1S/C24H24N4O3S/c1-16-11-12-18(15-17(16)2)32(30,31)25-14-13-23(29)26-20-8-4-3-7-19(20)24-27-21-9-5-6-10-22(21)28-24/h3-12,15,25H,13-14H2,1-2H3,(H,26,29)(H,27,28). The third kappa shape index (κ3) is 4.71. The zero-order valence-corrected chi connectivity index (χ0v) is 18.7. The molecule has 0 atom stereocenters. The number of nitrogens with one attached hydrogen (secondary N) is 3. The molecule has 0 unspecified atom stereocenters. The number of nitrogens with zero attached hydrogens (tertiary/aromatic N) is 1. The number of benzene rings is 3. The highest BCUT2D eigenvalue weighted by Crippen LogP contribution is 2.27. The summed E-state index contributed by atoms with van der Waals surface area (Å²) in [6, 6.07) is 20.0. The number of aromatic amines is 1. The fourth-order valence-electron chi connectivity index (χ4n) is 3.36. The molecular weight excluding hydrogens is 424 g/mol. The van der Waals surface area contributed by atoms with Crippen LogP contribution in [0.1, 0.15) is 17.5 Å². The fraction of sp³-hybridized carbons (Fsp3) is 0.167. The molecule has 0 saturated heterocycles. The van der Waals surface area contributed by atoms with E-state index in [2.05, 4.69) is 20.0 Å². The van der Waals surface area contributed by atoms with Crippen molar-refractivity contribution in [1.82, 2.24) is 14.7 Å². The van der Waals surface area contributed by atoms with Crippen LogP contribution in [-0.2, 0) is 14.8 Å². The van der Waals surface area contributed by atoms with Gasteiger partial charge in [0, 0.05) is 18.5 Å². The molecule has 8 heteroatoms. The topological polar surface area (TPSA) is 104 Å². The van der Waals surface area contributed by atoms with E-state index in [1.807, 2.05) is 56.3 Å². The SMILES string of the molecule is Cc1ccc(S(=O)(=O)NCCC(=O)Nc2ccccc2-c2nc3ccccc3[nH]2)cc1C. The van der Waals surface area contributed by atoms with Crippen molar-refractivity contribution < 1.29 is 13.2 Å². The number of hydrogen-bond donors (Lipinski definition) is 3. The van der Waals surface area contributed by atoms with Gasteiger partial charge in [0.15, 0.2) is 0 Å². The van der Waals surface area contributed by atoms with E-state index >= 15 is 0 Å². The average molecular weight is 449 g/mol. The van der Waals surface area contributed by atoms with E-state index in [4.69, 9.17) is 0 Å². The van der Waals surface area contributed by atoms with Crippen molar-refractivity contribution in [1.29, 1.82) is 0 Å². The second-order valence-corrected chi connectivity index (χ2v) is 9.36. The third-order valence-corrected chi connectivity index (χ3v) is 6.74. The smallest absolute Gasteiger partial charge is 0.240 e. The Balaban J connectivity index is 1.42. The summed E-state index contributed by atoms with van der Waals surface area (Å²) in [6.07, 6.45) is -0.00145. The highest BCUT2D eigenvalue weighted by Gasteiger charge is 2.16. The monoisotopic (exact) mass is 448 g/mol. The minimum atomic E-state index is -3.68. The largest absolute Gasteiger partial charge is 0.338 e. The van der Waals surface area contributed by atoms with Gasteiger partial charge in [-0.1, -0.05) is 30.3 Å². The van der Waals surface area contributed by atoms with Crippen molar-refractivity contribution in [3.63, 3.8) is 0 Å². The van der Waals surface area contributed by atoms with Crippen molar-refractivity contribution in [2.45, 2.75) is 25.2 Å². The fourth-order valence-corrected chi connectivity index (χ4v) is 4.47. The molecule has 4 aromatic rings. The summed E-state index contributed by atoms with van der Waals surface area (Å²) in [5.41, 5.74) is 5.02. The van der Waals surface area contributed by atoms with Gasteiger partial charge in [-0.25, -0.2) is 18.1 Å². The van der Waals surface area contributed by atoms with Crippen LogP contribution in [0, 0.1) is 13.8 Å². The number of aryl methyl sites for hydroxylation is 2. The molecule has 0 radical (unpaired) electrons. The lowest BCUT2D eigenvalue weighted by Crippen LogP contribution is -2.28. The molecule has 0 bridgehead atoms. The molecule has 3 aromatic carbocycles. The molecule has 0 aliphatic rings. The number of aromatic nitrogens is 2. The number of hydrogen-bond acceptors (Lipinski definition) is 4. The Morgan fingerprint density at radius 1 is 0.969 bits per heavy atom. The van der Waals surface area contributed by atoms with Crippen LogP contribution in [0.5, 0.6) is 0 Å². The maximum absolute atomic E-state index is 12.5. The number of rotatable bonds is 7. The summed E-state index contributed by atoms with van der Waals surface area (Å²) in [5.74, 6) is 0.355. The van der Waals surface area contributed by atoms with Gasteiger partial charge in [-0.3, -0.25) is 4.79 Å². The Morgan fingerprint density at radius 2 is 1.72 bits per heavy atom. The average Bonchev–Trinajstić information content (AvgIpc) is 3.20. The zero-order chi connectivity index (χ0) is 22.7. The van der Waals surface area contributed by atoms with Gasteiger partial charge in [-0.05, 0) is 61.4 Å². The minimum Gasteiger partial charge on any atom is -0.338 e. The molecular formula is C24H24N4O3S. The van der Waals surface area contributed by atoms with E-state index in [0.29, 0.717) is 11.5 Å². The zero-order valence-electron chi connectivity index (χ0n) is 17.8. The predicted molar refractivity (Wildman–Crippen MR) is 126 cm³/mol. The first-order valence-electron chi connectivity index (χ1n) is 10.2. The van der Waals surface area contributed by atoms with Gasteiger partial charge in [0.1, 0.15) is 5.82 Å². The molecule has 0 fully saturated rings. The van der Waals surface area contributed by atoms with Crippen molar-refractivity contribution >= 4 is 32.7 Å². The van der Waals surface area contributed by atoms with Gasteiger partial charge in [0.05, 0.1) is 21.6 Å².